The number of ether oxygens (including phenoxy) is 2. The van der Waals surface area contributed by atoms with Gasteiger partial charge in [-0.1, -0.05) is 0 Å². The summed E-state index contributed by atoms with van der Waals surface area (Å²) in [6, 6.07) is 11.2. The van der Waals surface area contributed by atoms with Gasteiger partial charge in [-0.3, -0.25) is 9.67 Å². The lowest BCUT2D eigenvalue weighted by molar-refractivity contribution is 0.394. The Morgan fingerprint density at radius 1 is 0.949 bits per heavy atom. The first kappa shape index (κ1) is 26.2. The van der Waals surface area contributed by atoms with Gasteiger partial charge >= 0.3 is 0 Å². The maximum Gasteiger partial charge on any atom is 0.242 e. The molecular weight excluding hydrogens is 518 g/mol. The zero-order chi connectivity index (χ0) is 27.7. The Bertz CT molecular complexity index is 1720. The molecule has 5 rings (SSSR count). The Labute approximate surface area is 226 Å². The van der Waals surface area contributed by atoms with Crippen molar-refractivity contribution in [3.8, 4) is 22.8 Å². The number of anilines is 2. The van der Waals surface area contributed by atoms with Crippen molar-refractivity contribution in [3.05, 3.63) is 73.2 Å². The fourth-order valence-corrected chi connectivity index (χ4v) is 5.25. The summed E-state index contributed by atoms with van der Waals surface area (Å²) in [5, 5.41) is 3.62. The van der Waals surface area contributed by atoms with E-state index >= 15 is 0 Å². The quantitative estimate of drug-likeness (QED) is 0.268. The molecule has 3 heterocycles. The van der Waals surface area contributed by atoms with E-state index in [0.29, 0.717) is 28.5 Å². The largest absolute Gasteiger partial charge is 0.497 e. The lowest BCUT2D eigenvalue weighted by atomic mass is 10.2. The molecule has 0 N–H and O–H groups in total. The van der Waals surface area contributed by atoms with Crippen LogP contribution in [0.4, 0.5) is 11.4 Å². The highest BCUT2D eigenvalue weighted by Crippen LogP contribution is 2.35. The van der Waals surface area contributed by atoms with E-state index in [1.54, 1.807) is 51.2 Å². The molecule has 0 saturated carbocycles. The van der Waals surface area contributed by atoms with Crippen LogP contribution in [0.25, 0.3) is 22.3 Å². The molecule has 0 aliphatic heterocycles. The first-order valence-electron chi connectivity index (χ1n) is 12.2. The first-order valence-corrected chi connectivity index (χ1v) is 13.7. The molecule has 12 heteroatoms. The van der Waals surface area contributed by atoms with Crippen LogP contribution in [-0.4, -0.2) is 56.6 Å². The molecule has 0 radical (unpaired) electrons. The highest BCUT2D eigenvalue weighted by atomic mass is 32.2. The van der Waals surface area contributed by atoms with Crippen molar-refractivity contribution in [2.75, 3.05) is 19.1 Å². The van der Waals surface area contributed by atoms with Crippen LogP contribution in [0.5, 0.6) is 11.5 Å². The SMILES string of the molecule is COc1cc(OC)cc(N(Cc2nccn2S(=O)(=O)C(C)C)c2ccc3ncc(-c4cnn(C)c4)nc3c2)c1. The van der Waals surface area contributed by atoms with Gasteiger partial charge in [0.15, 0.2) is 0 Å². The minimum atomic E-state index is -3.62. The predicted octanol–water partition coefficient (Wildman–Crippen LogP) is 4.17. The molecule has 0 aliphatic carbocycles. The van der Waals surface area contributed by atoms with Crippen molar-refractivity contribution in [2.24, 2.45) is 7.05 Å². The number of hydrogen-bond donors (Lipinski definition) is 0. The average molecular weight is 548 g/mol. The van der Waals surface area contributed by atoms with E-state index in [9.17, 15) is 8.42 Å². The highest BCUT2D eigenvalue weighted by Gasteiger charge is 2.24. The van der Waals surface area contributed by atoms with Crippen molar-refractivity contribution in [3.63, 3.8) is 0 Å². The third kappa shape index (κ3) is 5.15. The van der Waals surface area contributed by atoms with E-state index in [-0.39, 0.29) is 6.54 Å². The van der Waals surface area contributed by atoms with Gasteiger partial charge in [-0.05, 0) is 32.0 Å². The molecule has 0 saturated heterocycles. The van der Waals surface area contributed by atoms with E-state index in [4.69, 9.17) is 14.5 Å². The van der Waals surface area contributed by atoms with Crippen molar-refractivity contribution >= 4 is 32.4 Å². The summed E-state index contributed by atoms with van der Waals surface area (Å²) in [5.74, 6) is 1.54. The molecule has 0 fully saturated rings. The molecule has 3 aromatic heterocycles. The highest BCUT2D eigenvalue weighted by molar-refractivity contribution is 7.90. The number of methoxy groups -OCH3 is 2. The van der Waals surface area contributed by atoms with Gasteiger partial charge in [0.05, 0.1) is 55.1 Å². The van der Waals surface area contributed by atoms with Crippen LogP contribution in [0.3, 0.4) is 0 Å². The minimum Gasteiger partial charge on any atom is -0.497 e. The van der Waals surface area contributed by atoms with Crippen molar-refractivity contribution < 1.29 is 17.9 Å². The Balaban J connectivity index is 1.65. The van der Waals surface area contributed by atoms with E-state index in [1.807, 2.05) is 48.5 Å². The second kappa shape index (κ2) is 10.4. The maximum absolute atomic E-state index is 13.1. The van der Waals surface area contributed by atoms with E-state index < -0.39 is 15.3 Å². The van der Waals surface area contributed by atoms with Crippen LogP contribution in [0.1, 0.15) is 19.7 Å². The van der Waals surface area contributed by atoms with E-state index in [2.05, 4.69) is 15.1 Å². The summed E-state index contributed by atoms with van der Waals surface area (Å²) >= 11 is 0. The van der Waals surface area contributed by atoms with Gasteiger partial charge in [0.25, 0.3) is 0 Å². The third-order valence-corrected chi connectivity index (χ3v) is 8.41. The molecular formula is C27H29N7O4S. The Morgan fingerprint density at radius 2 is 1.69 bits per heavy atom. The van der Waals surface area contributed by atoms with Crippen LogP contribution in [0, 0.1) is 0 Å². The summed E-state index contributed by atoms with van der Waals surface area (Å²) in [5.41, 5.74) is 4.42. The summed E-state index contributed by atoms with van der Waals surface area (Å²) in [4.78, 5) is 15.8. The van der Waals surface area contributed by atoms with Crippen LogP contribution in [0.15, 0.2) is 67.4 Å². The molecule has 0 aliphatic rings. The van der Waals surface area contributed by atoms with Gasteiger partial charge in [-0.15, -0.1) is 0 Å². The fraction of sp³-hybridized carbons (Fsp3) is 0.259. The minimum absolute atomic E-state index is 0.149. The molecule has 0 spiro atoms. The molecule has 2 aromatic carbocycles. The Morgan fingerprint density at radius 3 is 2.33 bits per heavy atom. The number of imidazole rings is 1. The molecule has 39 heavy (non-hydrogen) atoms. The first-order chi connectivity index (χ1) is 18.7. The lowest BCUT2D eigenvalue weighted by Crippen LogP contribution is -2.27. The van der Waals surface area contributed by atoms with Gasteiger partial charge in [-0.25, -0.2) is 22.4 Å². The summed E-state index contributed by atoms with van der Waals surface area (Å²) in [7, 11) is 1.39. The lowest BCUT2D eigenvalue weighted by Gasteiger charge is -2.26. The van der Waals surface area contributed by atoms with Crippen molar-refractivity contribution in [2.45, 2.75) is 25.6 Å². The van der Waals surface area contributed by atoms with E-state index in [0.717, 1.165) is 22.5 Å². The van der Waals surface area contributed by atoms with Crippen LogP contribution >= 0.6 is 0 Å². The molecule has 202 valence electrons. The molecule has 0 unspecified atom stereocenters. The number of aromatic nitrogens is 6. The summed E-state index contributed by atoms with van der Waals surface area (Å²) in [6.07, 6.45) is 8.30. The number of fused-ring (bicyclic) bond motifs is 1. The Kier molecular flexibility index (Phi) is 6.96. The standard InChI is InChI=1S/C27H29N7O4S/c1-18(2)39(35,36)34-9-8-28-27(34)17-33(21-10-22(37-4)13-23(11-21)38-5)20-6-7-24-25(12-20)31-26(15-29-24)19-14-30-32(3)16-19/h6-16,18H,17H2,1-5H3. The van der Waals surface area contributed by atoms with Gasteiger partial charge in [-0.2, -0.15) is 5.10 Å². The molecule has 11 nitrogen and oxygen atoms in total. The maximum atomic E-state index is 13.1. The number of nitrogens with zero attached hydrogens (tertiary/aromatic N) is 7. The molecule has 0 bridgehead atoms. The zero-order valence-corrected chi connectivity index (χ0v) is 23.1. The third-order valence-electron chi connectivity index (χ3n) is 6.34. The number of aryl methyl sites for hydroxylation is 1. The predicted molar refractivity (Wildman–Crippen MR) is 149 cm³/mol. The molecule has 0 amide bonds. The topological polar surface area (TPSA) is 117 Å². The second-order valence-corrected chi connectivity index (χ2v) is 11.6. The number of hydrogen-bond acceptors (Lipinski definition) is 9. The van der Waals surface area contributed by atoms with Gasteiger partial charge in [0.1, 0.15) is 17.3 Å². The van der Waals surface area contributed by atoms with Crippen LogP contribution in [-0.2, 0) is 23.6 Å². The smallest absolute Gasteiger partial charge is 0.242 e. The van der Waals surface area contributed by atoms with Gasteiger partial charge in [0.2, 0.25) is 10.0 Å². The number of rotatable bonds is 9. The fourth-order valence-electron chi connectivity index (χ4n) is 4.17. The normalized spacial score (nSPS) is 11.7. The van der Waals surface area contributed by atoms with Gasteiger partial charge in [0, 0.05) is 60.8 Å². The summed E-state index contributed by atoms with van der Waals surface area (Å²) in [6.45, 7) is 3.44. The number of benzene rings is 2. The Hall–Kier alpha value is -4.45. The van der Waals surface area contributed by atoms with Crippen molar-refractivity contribution in [1.82, 2.24) is 28.7 Å². The average Bonchev–Trinajstić information content (AvgIpc) is 3.60. The second-order valence-electron chi connectivity index (χ2n) is 9.22. The van der Waals surface area contributed by atoms with Crippen LogP contribution < -0.4 is 14.4 Å². The monoisotopic (exact) mass is 547 g/mol. The summed E-state index contributed by atoms with van der Waals surface area (Å²) < 4.78 is 40.1. The van der Waals surface area contributed by atoms with Gasteiger partial charge < -0.3 is 14.4 Å². The van der Waals surface area contributed by atoms with E-state index in [1.165, 1.54) is 16.4 Å². The molecule has 5 aromatic rings. The van der Waals surface area contributed by atoms with Crippen LogP contribution in [0.2, 0.25) is 0 Å². The zero-order valence-electron chi connectivity index (χ0n) is 22.3. The molecule has 0 atom stereocenters. The van der Waals surface area contributed by atoms with Crippen molar-refractivity contribution in [1.29, 1.82) is 0 Å².